The third-order valence-corrected chi connectivity index (χ3v) is 18.8. The molecule has 0 heterocycles. The van der Waals surface area contributed by atoms with Crippen LogP contribution in [0.4, 0.5) is 0 Å². The van der Waals surface area contributed by atoms with Gasteiger partial charge in [-0.25, -0.2) is 9.13 Å². The number of hydrogen-bond acceptors (Lipinski definition) is 15. The first-order valence-electron chi connectivity index (χ1n) is 37.2. The lowest BCUT2D eigenvalue weighted by Crippen LogP contribution is -2.30. The topological polar surface area (TPSA) is 237 Å². The molecule has 19 heteroatoms. The summed E-state index contributed by atoms with van der Waals surface area (Å²) in [7, 11) is -9.90. The molecule has 0 fully saturated rings. The van der Waals surface area contributed by atoms with E-state index >= 15 is 0 Å². The van der Waals surface area contributed by atoms with Crippen molar-refractivity contribution in [1.29, 1.82) is 0 Å². The van der Waals surface area contributed by atoms with Gasteiger partial charge in [0.1, 0.15) is 19.3 Å². The Morgan fingerprint density at radius 2 is 0.527 bits per heavy atom. The number of carbonyl (C=O) groups excluding carboxylic acids is 4. The Bertz CT molecular complexity index is 1800. The van der Waals surface area contributed by atoms with Gasteiger partial charge in [-0.3, -0.25) is 37.3 Å². The maximum absolute atomic E-state index is 13.0. The molecule has 0 aromatic heterocycles. The molecule has 17 nitrogen and oxygen atoms in total. The van der Waals surface area contributed by atoms with E-state index in [4.69, 9.17) is 37.0 Å². The fourth-order valence-corrected chi connectivity index (χ4v) is 12.4. The average molecular weight is 1340 g/mol. The van der Waals surface area contributed by atoms with Gasteiger partial charge in [-0.05, 0) is 49.4 Å². The van der Waals surface area contributed by atoms with Crippen LogP contribution >= 0.6 is 15.6 Å². The van der Waals surface area contributed by atoms with Crippen molar-refractivity contribution in [2.45, 2.75) is 375 Å². The van der Waals surface area contributed by atoms with Crippen LogP contribution in [0.1, 0.15) is 357 Å². The second-order valence-electron chi connectivity index (χ2n) is 27.6. The third-order valence-electron chi connectivity index (χ3n) is 16.9. The molecule has 0 amide bonds. The lowest BCUT2D eigenvalue weighted by Gasteiger charge is -2.21. The maximum Gasteiger partial charge on any atom is 0.472 e. The SMILES string of the molecule is CCC(C)CCCCCCCCCCC(=O)OC[C@H](COP(=O)(O)OCC(O)COP(=O)(O)OC[C@@H](COC(=O)CCCCCCCCCC(C)C)OC(=O)CCCCCCCCCCCCCCCCCCC(C)C)OC(=O)CCCCCCCCCC(C)C. The van der Waals surface area contributed by atoms with Crippen LogP contribution in [0.25, 0.3) is 0 Å². The summed E-state index contributed by atoms with van der Waals surface area (Å²) in [6.45, 7) is 14.1. The van der Waals surface area contributed by atoms with Crippen LogP contribution in [0.15, 0.2) is 0 Å². The summed E-state index contributed by atoms with van der Waals surface area (Å²) in [5.41, 5.74) is 0. The number of phosphoric ester groups is 2. The van der Waals surface area contributed by atoms with E-state index < -0.39 is 97.5 Å². The molecule has 0 saturated carbocycles. The molecule has 0 saturated heterocycles. The van der Waals surface area contributed by atoms with E-state index in [0.717, 1.165) is 108 Å². The highest BCUT2D eigenvalue weighted by Gasteiger charge is 2.30. The minimum absolute atomic E-state index is 0.103. The van der Waals surface area contributed by atoms with Crippen LogP contribution in [-0.2, 0) is 65.4 Å². The van der Waals surface area contributed by atoms with Crippen LogP contribution in [0.5, 0.6) is 0 Å². The first-order valence-corrected chi connectivity index (χ1v) is 40.2. The molecule has 540 valence electrons. The molecule has 6 atom stereocenters. The van der Waals surface area contributed by atoms with Gasteiger partial charge in [-0.15, -0.1) is 0 Å². The summed E-state index contributed by atoms with van der Waals surface area (Å²) in [5, 5.41) is 10.6. The quantitative estimate of drug-likeness (QED) is 0.0222. The minimum atomic E-state index is -4.95. The van der Waals surface area contributed by atoms with E-state index in [0.29, 0.717) is 37.5 Å². The van der Waals surface area contributed by atoms with E-state index in [1.165, 1.54) is 154 Å². The molecule has 4 unspecified atom stereocenters. The second-order valence-corrected chi connectivity index (χ2v) is 30.6. The molecular weight excluding hydrogens is 1200 g/mol. The zero-order chi connectivity index (χ0) is 67.5. The number of rotatable bonds is 69. The number of aliphatic hydroxyl groups excluding tert-OH is 1. The molecule has 0 aliphatic rings. The number of unbranched alkanes of at least 4 members (excludes halogenated alkanes) is 34. The molecule has 0 rings (SSSR count). The summed E-state index contributed by atoms with van der Waals surface area (Å²) in [4.78, 5) is 72.6. The standard InChI is InChI=1S/C72H140O17P2/c1-9-65(8)51-43-35-27-20-21-28-36-44-52-69(74)82-58-68(89-72(77)55-47-39-31-23-26-34-42-50-64(6)7)61-87-91(80,81)85-57-66(73)56-84-90(78,79)86-60-67(59-83-70(75)53-45-37-30-22-25-33-41-49-63(4)5)88-71(76)54-46-38-29-19-17-15-13-11-10-12-14-16-18-24-32-40-48-62(2)3/h62-68,73H,9-61H2,1-8H3,(H,78,79)(H,80,81)/t65?,66?,67-,68-/m1/s1. The first kappa shape index (κ1) is 89.1. The van der Waals surface area contributed by atoms with Crippen molar-refractivity contribution >= 4 is 39.5 Å². The summed E-state index contributed by atoms with van der Waals surface area (Å²) in [6, 6.07) is 0. The molecule has 0 bridgehead atoms. The van der Waals surface area contributed by atoms with Crippen molar-refractivity contribution < 1.29 is 80.2 Å². The van der Waals surface area contributed by atoms with Gasteiger partial charge in [0.2, 0.25) is 0 Å². The fraction of sp³-hybridized carbons (Fsp3) is 0.944. The highest BCUT2D eigenvalue weighted by Crippen LogP contribution is 2.45. The zero-order valence-corrected chi connectivity index (χ0v) is 61.3. The Balaban J connectivity index is 5.20. The molecule has 3 N–H and O–H groups in total. The lowest BCUT2D eigenvalue weighted by atomic mass is 9.99. The van der Waals surface area contributed by atoms with E-state index in [-0.39, 0.29) is 25.7 Å². The second kappa shape index (κ2) is 61.6. The van der Waals surface area contributed by atoms with Crippen LogP contribution in [0.2, 0.25) is 0 Å². The molecule has 0 aliphatic heterocycles. The zero-order valence-electron chi connectivity index (χ0n) is 59.5. The molecule has 0 aromatic carbocycles. The lowest BCUT2D eigenvalue weighted by molar-refractivity contribution is -0.161. The predicted octanol–water partition coefficient (Wildman–Crippen LogP) is 20.5. The Hall–Kier alpha value is -1.94. The molecule has 91 heavy (non-hydrogen) atoms. The molecule has 0 radical (unpaired) electrons. The van der Waals surface area contributed by atoms with Gasteiger partial charge in [-0.1, -0.05) is 306 Å². The van der Waals surface area contributed by atoms with Crippen LogP contribution in [-0.4, -0.2) is 96.7 Å². The monoisotopic (exact) mass is 1340 g/mol. The van der Waals surface area contributed by atoms with Gasteiger partial charge >= 0.3 is 39.5 Å². The summed E-state index contributed by atoms with van der Waals surface area (Å²) in [6.07, 6.45) is 44.6. The number of esters is 4. The number of carbonyl (C=O) groups is 4. The van der Waals surface area contributed by atoms with Crippen molar-refractivity contribution in [2.24, 2.45) is 23.7 Å². The normalized spacial score (nSPS) is 14.5. The number of ether oxygens (including phenoxy) is 4. The summed E-state index contributed by atoms with van der Waals surface area (Å²) in [5.74, 6) is 0.857. The minimum Gasteiger partial charge on any atom is -0.462 e. The van der Waals surface area contributed by atoms with Crippen molar-refractivity contribution in [3.8, 4) is 0 Å². The van der Waals surface area contributed by atoms with E-state index in [9.17, 15) is 43.2 Å². The average Bonchev–Trinajstić information content (AvgIpc) is 3.65. The van der Waals surface area contributed by atoms with Crippen molar-refractivity contribution in [3.05, 3.63) is 0 Å². The van der Waals surface area contributed by atoms with Crippen molar-refractivity contribution in [2.75, 3.05) is 39.6 Å². The fourth-order valence-electron chi connectivity index (χ4n) is 10.8. The Labute approximate surface area is 556 Å². The Morgan fingerprint density at radius 1 is 0.308 bits per heavy atom. The van der Waals surface area contributed by atoms with Crippen LogP contribution < -0.4 is 0 Å². The highest BCUT2D eigenvalue weighted by atomic mass is 31.2. The van der Waals surface area contributed by atoms with Gasteiger partial charge in [0, 0.05) is 25.7 Å². The number of aliphatic hydroxyl groups is 1. The molecule has 0 aromatic rings. The Morgan fingerprint density at radius 3 is 0.780 bits per heavy atom. The summed E-state index contributed by atoms with van der Waals surface area (Å²) >= 11 is 0. The summed E-state index contributed by atoms with van der Waals surface area (Å²) < 4.78 is 68.3. The molecular formula is C72H140O17P2. The third kappa shape index (κ3) is 65.1. The predicted molar refractivity (Wildman–Crippen MR) is 367 cm³/mol. The van der Waals surface area contributed by atoms with Gasteiger partial charge in [-0.2, -0.15) is 0 Å². The van der Waals surface area contributed by atoms with Gasteiger partial charge in [0.15, 0.2) is 12.2 Å². The van der Waals surface area contributed by atoms with Gasteiger partial charge < -0.3 is 33.8 Å². The smallest absolute Gasteiger partial charge is 0.462 e. The van der Waals surface area contributed by atoms with Gasteiger partial charge in [0.25, 0.3) is 0 Å². The van der Waals surface area contributed by atoms with Crippen LogP contribution in [0, 0.1) is 23.7 Å². The van der Waals surface area contributed by atoms with E-state index in [1.54, 1.807) is 0 Å². The van der Waals surface area contributed by atoms with Crippen molar-refractivity contribution in [3.63, 3.8) is 0 Å². The Kier molecular flexibility index (Phi) is 60.3. The number of phosphoric acid groups is 2. The van der Waals surface area contributed by atoms with Crippen LogP contribution in [0.3, 0.4) is 0 Å². The van der Waals surface area contributed by atoms with E-state index in [2.05, 4.69) is 55.4 Å². The highest BCUT2D eigenvalue weighted by molar-refractivity contribution is 7.47. The maximum atomic E-state index is 13.0. The van der Waals surface area contributed by atoms with Gasteiger partial charge in [0.05, 0.1) is 26.4 Å². The van der Waals surface area contributed by atoms with Crippen molar-refractivity contribution in [1.82, 2.24) is 0 Å². The number of hydrogen-bond donors (Lipinski definition) is 3. The first-order chi connectivity index (χ1) is 43.6. The molecule has 0 aliphatic carbocycles. The molecule has 0 spiro atoms. The van der Waals surface area contributed by atoms with E-state index in [1.807, 2.05) is 0 Å². The largest absolute Gasteiger partial charge is 0.472 e.